The second-order valence-corrected chi connectivity index (χ2v) is 11.1. The van der Waals surface area contributed by atoms with E-state index in [0.29, 0.717) is 11.1 Å². The number of primary amides is 1. The third kappa shape index (κ3) is 3.61. The number of nitrogens with two attached hydrogens (primary N) is 2. The smallest absolute Gasteiger partial charge is 0.255 e. The summed E-state index contributed by atoms with van der Waals surface area (Å²) in [5, 5.41) is 45.1. The number of hydrogen-bond acceptors (Lipinski definition) is 10. The number of Topliss-reactive ketones (excluding diaryl/α,β-unsaturated/α-hetero) is 2. The molecule has 11 heteroatoms. The Morgan fingerprint density at radius 1 is 1.05 bits per heavy atom. The van der Waals surface area contributed by atoms with Gasteiger partial charge in [0.25, 0.3) is 5.91 Å². The van der Waals surface area contributed by atoms with Gasteiger partial charge < -0.3 is 36.8 Å². The number of fused-ring (bicyclic) bond motifs is 3. The van der Waals surface area contributed by atoms with Crippen molar-refractivity contribution in [2.45, 2.75) is 24.5 Å². The van der Waals surface area contributed by atoms with Gasteiger partial charge in [-0.25, -0.2) is 0 Å². The molecule has 0 heterocycles. The predicted octanol–water partition coefficient (Wildman–Crippen LogP) is 1.28. The Labute approximate surface area is 230 Å². The zero-order valence-electron chi connectivity index (χ0n) is 22.6. The number of hydrogen-bond donors (Lipinski definition) is 6. The van der Waals surface area contributed by atoms with Crippen LogP contribution >= 0.6 is 0 Å². The van der Waals surface area contributed by atoms with Crippen LogP contribution < -0.4 is 16.4 Å². The van der Waals surface area contributed by atoms with Crippen molar-refractivity contribution in [3.8, 4) is 16.9 Å². The molecular weight excluding hydrogens is 516 g/mol. The number of likely N-dealkylation sites (N-methyl/N-ethyl adjacent to an activating group) is 1. The lowest BCUT2D eigenvalue weighted by atomic mass is 9.57. The third-order valence-corrected chi connectivity index (χ3v) is 8.44. The molecule has 0 aromatic heterocycles. The van der Waals surface area contributed by atoms with Gasteiger partial charge in [-0.2, -0.15) is 0 Å². The van der Waals surface area contributed by atoms with Gasteiger partial charge in [-0.05, 0) is 67.7 Å². The predicted molar refractivity (Wildman–Crippen MR) is 148 cm³/mol. The molecule has 0 aliphatic heterocycles. The molecule has 2 aromatic carbocycles. The van der Waals surface area contributed by atoms with Crippen LogP contribution in [0, 0.1) is 11.8 Å². The number of carbonyl (C=O) groups is 3. The molecular formula is C29H32N4O7. The lowest BCUT2D eigenvalue weighted by Gasteiger charge is -2.50. The van der Waals surface area contributed by atoms with Crippen molar-refractivity contribution in [2.75, 3.05) is 38.8 Å². The summed E-state index contributed by atoms with van der Waals surface area (Å²) in [5.74, 6) is -7.07. The van der Waals surface area contributed by atoms with E-state index in [2.05, 4.69) is 0 Å². The van der Waals surface area contributed by atoms with Gasteiger partial charge in [0.1, 0.15) is 22.8 Å². The average Bonchev–Trinajstić information content (AvgIpc) is 2.88. The fourth-order valence-electron chi connectivity index (χ4n) is 6.53. The molecule has 2 aromatic rings. The molecule has 0 unspecified atom stereocenters. The third-order valence-electron chi connectivity index (χ3n) is 8.44. The first-order valence-corrected chi connectivity index (χ1v) is 12.8. The van der Waals surface area contributed by atoms with Crippen molar-refractivity contribution in [3.63, 3.8) is 0 Å². The van der Waals surface area contributed by atoms with E-state index in [1.54, 1.807) is 20.2 Å². The molecule has 0 bridgehead atoms. The first-order valence-electron chi connectivity index (χ1n) is 12.8. The minimum absolute atomic E-state index is 0.00983. The second kappa shape index (κ2) is 9.10. The van der Waals surface area contributed by atoms with Crippen molar-refractivity contribution in [2.24, 2.45) is 17.6 Å². The molecule has 0 spiro atoms. The van der Waals surface area contributed by atoms with E-state index in [-0.39, 0.29) is 29.7 Å². The van der Waals surface area contributed by atoms with Gasteiger partial charge in [-0.3, -0.25) is 19.3 Å². The van der Waals surface area contributed by atoms with Crippen molar-refractivity contribution in [1.82, 2.24) is 4.90 Å². The van der Waals surface area contributed by atoms with E-state index in [1.165, 1.54) is 4.90 Å². The van der Waals surface area contributed by atoms with Crippen LogP contribution in [-0.4, -0.2) is 82.6 Å². The lowest BCUT2D eigenvalue weighted by molar-refractivity contribution is -0.153. The van der Waals surface area contributed by atoms with E-state index >= 15 is 0 Å². The first kappa shape index (κ1) is 27.2. The quantitative estimate of drug-likeness (QED) is 0.184. The van der Waals surface area contributed by atoms with Gasteiger partial charge in [-0.1, -0.05) is 12.1 Å². The fourth-order valence-corrected chi connectivity index (χ4v) is 6.53. The Balaban J connectivity index is 1.73. The summed E-state index contributed by atoms with van der Waals surface area (Å²) in [6, 6.07) is 8.07. The summed E-state index contributed by atoms with van der Waals surface area (Å²) in [4.78, 5) is 42.8. The van der Waals surface area contributed by atoms with Gasteiger partial charge in [0.2, 0.25) is 5.78 Å². The molecule has 210 valence electrons. The van der Waals surface area contributed by atoms with E-state index in [9.17, 15) is 34.8 Å². The molecule has 1 fully saturated rings. The van der Waals surface area contributed by atoms with Crippen LogP contribution in [0.15, 0.2) is 47.2 Å². The highest BCUT2D eigenvalue weighted by Crippen LogP contribution is 2.54. The maximum absolute atomic E-state index is 14.0. The molecule has 1 saturated carbocycles. The summed E-state index contributed by atoms with van der Waals surface area (Å²) in [6.07, 6.45) is 0.184. The largest absolute Gasteiger partial charge is 0.508 e. The number of aromatic hydroxyl groups is 1. The average molecular weight is 549 g/mol. The first-order chi connectivity index (χ1) is 18.7. The number of anilines is 2. The fraction of sp³-hybridized carbons (Fsp3) is 0.345. The summed E-state index contributed by atoms with van der Waals surface area (Å²) >= 11 is 0. The summed E-state index contributed by atoms with van der Waals surface area (Å²) < 4.78 is 0. The number of nitrogen functional groups attached to an aromatic ring is 1. The van der Waals surface area contributed by atoms with E-state index in [1.807, 2.05) is 43.3 Å². The second-order valence-electron chi connectivity index (χ2n) is 11.1. The number of rotatable bonds is 4. The van der Waals surface area contributed by atoms with Gasteiger partial charge in [0.05, 0.1) is 17.3 Å². The zero-order chi connectivity index (χ0) is 29.4. The highest BCUT2D eigenvalue weighted by atomic mass is 16.3. The van der Waals surface area contributed by atoms with Crippen LogP contribution in [0.3, 0.4) is 0 Å². The Hall–Kier alpha value is -4.35. The Kier molecular flexibility index (Phi) is 6.20. The number of ketones is 2. The number of nitrogens with zero attached hydrogens (tertiary/aromatic N) is 2. The van der Waals surface area contributed by atoms with Crippen LogP contribution in [-0.2, 0) is 20.8 Å². The Bertz CT molecular complexity index is 1540. The SMILES string of the molecule is CN(C)c1ccc(-c2cc(N)c(O)c3c2C[C@@H]2C[C@@H]4[C@@H](N(C)C)C(=O)C(C(N)=O)=C(O)[C@@]4(O)C(=O)C2=C3O)cc1. The molecule has 3 aliphatic carbocycles. The number of phenols is 1. The molecule has 0 saturated heterocycles. The molecule has 8 N–H and O–H groups in total. The zero-order valence-corrected chi connectivity index (χ0v) is 22.6. The van der Waals surface area contributed by atoms with Gasteiger partial charge in [0.15, 0.2) is 11.4 Å². The van der Waals surface area contributed by atoms with Crippen LogP contribution in [0.5, 0.6) is 5.75 Å². The monoisotopic (exact) mass is 548 g/mol. The topological polar surface area (TPSA) is 191 Å². The van der Waals surface area contributed by atoms with E-state index in [4.69, 9.17) is 11.5 Å². The van der Waals surface area contributed by atoms with Gasteiger partial charge in [-0.15, -0.1) is 0 Å². The van der Waals surface area contributed by atoms with Crippen molar-refractivity contribution in [3.05, 3.63) is 58.4 Å². The maximum atomic E-state index is 14.0. The number of amides is 1. The van der Waals surface area contributed by atoms with E-state index < -0.39 is 63.8 Å². The molecule has 4 atom stereocenters. The van der Waals surface area contributed by atoms with Crippen molar-refractivity contribution >= 4 is 34.6 Å². The van der Waals surface area contributed by atoms with Crippen LogP contribution in [0.2, 0.25) is 0 Å². The standard InChI is InChI=1S/C29H32N4O7/c1-32(2)14-7-5-12(6-8-14)15-11-18(30)23(34)20-16(15)9-13-10-17-22(33(3)4)25(36)21(28(31)39)27(38)29(17,40)26(37)19(13)24(20)35/h5-8,11,13,17,22,34-35,38,40H,9-10,30H2,1-4H3,(H2,31,39)/t13-,17-,22-,29+/m1/s1. The highest BCUT2D eigenvalue weighted by Gasteiger charge is 2.64. The number of aliphatic hydroxyl groups excluding tert-OH is 2. The molecule has 5 rings (SSSR count). The van der Waals surface area contributed by atoms with E-state index in [0.717, 1.165) is 11.3 Å². The molecule has 40 heavy (non-hydrogen) atoms. The number of aliphatic hydroxyl groups is 3. The number of phenolic OH excluding ortho intramolecular Hbond substituents is 1. The van der Waals surface area contributed by atoms with Crippen molar-refractivity contribution in [1.29, 1.82) is 0 Å². The summed E-state index contributed by atoms with van der Waals surface area (Å²) in [5.41, 5.74) is 10.6. The Morgan fingerprint density at radius 3 is 2.23 bits per heavy atom. The molecule has 3 aliphatic rings. The minimum Gasteiger partial charge on any atom is -0.508 e. The molecule has 1 amide bonds. The maximum Gasteiger partial charge on any atom is 0.255 e. The van der Waals surface area contributed by atoms with Gasteiger partial charge >= 0.3 is 0 Å². The minimum atomic E-state index is -2.69. The number of benzene rings is 2. The lowest BCUT2D eigenvalue weighted by Crippen LogP contribution is -2.65. The highest BCUT2D eigenvalue weighted by molar-refractivity contribution is 6.24. The summed E-state index contributed by atoms with van der Waals surface area (Å²) in [7, 11) is 6.95. The summed E-state index contributed by atoms with van der Waals surface area (Å²) in [6.45, 7) is 0. The van der Waals surface area contributed by atoms with Crippen LogP contribution in [0.1, 0.15) is 17.5 Å². The van der Waals surface area contributed by atoms with Crippen molar-refractivity contribution < 1.29 is 34.8 Å². The van der Waals surface area contributed by atoms with Crippen LogP contribution in [0.25, 0.3) is 16.9 Å². The normalized spacial score (nSPS) is 26.0. The Morgan fingerprint density at radius 2 is 1.68 bits per heavy atom. The molecule has 0 radical (unpaired) electrons. The number of carbonyl (C=O) groups excluding carboxylic acids is 3. The van der Waals surface area contributed by atoms with Crippen LogP contribution in [0.4, 0.5) is 11.4 Å². The molecule has 11 nitrogen and oxygen atoms in total. The van der Waals surface area contributed by atoms with Gasteiger partial charge in [0, 0.05) is 31.3 Å².